The summed E-state index contributed by atoms with van der Waals surface area (Å²) < 4.78 is 33.7. The van der Waals surface area contributed by atoms with E-state index >= 15 is 4.39 Å². The molecule has 1 fully saturated rings. The number of rotatable bonds is 4. The standard InChI is InChI=1S/C26H17BrFIN2.C8H5BrFN.C4H4INO2/c27-21-16-22-24(23(28)17-21)31(30-25(22)29)26(18-10-4-1-5-11-18,19-12-6-2-7-13-19)20-14-8-3-9-15-20;9-6-1-5-3-11-4-7(5)8(10)2-6;5-6-3(7)1-2-4(6)8/h1-17H;1-3H,4H2;1-2H2. The average Bonchev–Trinajstić information content (AvgIpc) is 3.81. The summed E-state index contributed by atoms with van der Waals surface area (Å²) in [6.07, 6.45) is 2.48. The highest BCUT2D eigenvalue weighted by Gasteiger charge is 2.41. The Balaban J connectivity index is 0.000000184. The van der Waals surface area contributed by atoms with E-state index in [0.717, 1.165) is 38.9 Å². The molecule has 1 saturated heterocycles. The summed E-state index contributed by atoms with van der Waals surface area (Å²) in [5.41, 5.74) is 4.25. The van der Waals surface area contributed by atoms with Crippen molar-refractivity contribution in [1.82, 2.24) is 12.9 Å². The summed E-state index contributed by atoms with van der Waals surface area (Å²) in [7, 11) is 0. The number of aliphatic imine (C=N–C) groups is 1. The molecule has 0 radical (unpaired) electrons. The van der Waals surface area contributed by atoms with E-state index in [0.29, 0.717) is 34.9 Å². The molecule has 6 aromatic rings. The SMILES string of the molecule is Fc1cc(Br)cc2c(I)nn(C(c3ccccc3)(c3ccccc3)c3ccccc3)c12.Fc1cc(Br)cc2c1CN=C2.O=C1CCC(=O)N1I. The van der Waals surface area contributed by atoms with Gasteiger partial charge in [0.05, 0.1) is 29.4 Å². The maximum atomic E-state index is 15.5. The lowest BCUT2D eigenvalue weighted by Crippen LogP contribution is -2.38. The van der Waals surface area contributed by atoms with Crippen LogP contribution in [0.5, 0.6) is 0 Å². The van der Waals surface area contributed by atoms with Gasteiger partial charge in [-0.15, -0.1) is 0 Å². The molecule has 0 atom stereocenters. The molecule has 50 heavy (non-hydrogen) atoms. The zero-order chi connectivity index (χ0) is 35.4. The minimum atomic E-state index is -0.847. The van der Waals surface area contributed by atoms with Crippen LogP contribution in [-0.2, 0) is 21.7 Å². The van der Waals surface area contributed by atoms with Crippen molar-refractivity contribution in [1.29, 1.82) is 0 Å². The second-order valence-corrected chi connectivity index (χ2v) is 15.1. The van der Waals surface area contributed by atoms with Crippen LogP contribution >= 0.6 is 77.3 Å². The zero-order valence-corrected chi connectivity index (χ0v) is 33.5. The second kappa shape index (κ2) is 15.9. The topological polar surface area (TPSA) is 67.6 Å². The van der Waals surface area contributed by atoms with Crippen LogP contribution in [0.1, 0.15) is 40.7 Å². The Kier molecular flexibility index (Phi) is 11.6. The minimum Gasteiger partial charge on any atom is -0.288 e. The summed E-state index contributed by atoms with van der Waals surface area (Å²) >= 11 is 10.6. The first-order valence-corrected chi connectivity index (χ1v) is 18.9. The minimum absolute atomic E-state index is 0.0735. The highest BCUT2D eigenvalue weighted by Crippen LogP contribution is 2.43. The van der Waals surface area contributed by atoms with Crippen molar-refractivity contribution in [3.63, 3.8) is 0 Å². The van der Waals surface area contributed by atoms with Crippen molar-refractivity contribution in [3.8, 4) is 0 Å². The van der Waals surface area contributed by atoms with E-state index in [2.05, 4.69) is 95.8 Å². The van der Waals surface area contributed by atoms with Gasteiger partial charge in [-0.1, -0.05) is 123 Å². The van der Waals surface area contributed by atoms with E-state index in [-0.39, 0.29) is 23.4 Å². The van der Waals surface area contributed by atoms with Crippen LogP contribution in [0.25, 0.3) is 10.9 Å². The molecule has 3 heterocycles. The Bertz CT molecular complexity index is 2110. The van der Waals surface area contributed by atoms with Crippen molar-refractivity contribution in [3.05, 3.63) is 167 Å². The molecular weight excluding hydrogens is 996 g/mol. The summed E-state index contributed by atoms with van der Waals surface area (Å²) in [6, 6.07) is 37.3. The number of aromatic nitrogens is 2. The van der Waals surface area contributed by atoms with E-state index in [1.54, 1.807) is 29.1 Å². The molecule has 0 saturated carbocycles. The molecular formula is C38H26Br2F2I2N4O2. The molecule has 0 spiro atoms. The molecule has 5 aromatic carbocycles. The van der Waals surface area contributed by atoms with Gasteiger partial charge in [0.25, 0.3) is 0 Å². The monoisotopic (exact) mass is 1020 g/mol. The van der Waals surface area contributed by atoms with Crippen LogP contribution in [0.2, 0.25) is 0 Å². The summed E-state index contributed by atoms with van der Waals surface area (Å²) in [5.74, 6) is -0.634. The van der Waals surface area contributed by atoms with E-state index in [1.807, 2.05) is 71.4 Å². The van der Waals surface area contributed by atoms with Gasteiger partial charge in [0.2, 0.25) is 11.8 Å². The van der Waals surface area contributed by atoms with Crippen molar-refractivity contribution < 1.29 is 18.4 Å². The quantitative estimate of drug-likeness (QED) is 0.0765. The van der Waals surface area contributed by atoms with Gasteiger partial charge in [0, 0.05) is 44.5 Å². The Labute approximate surface area is 331 Å². The lowest BCUT2D eigenvalue weighted by atomic mass is 9.77. The fraction of sp³-hybridized carbons (Fsp3) is 0.105. The van der Waals surface area contributed by atoms with Crippen LogP contribution in [0, 0.1) is 15.3 Å². The predicted octanol–water partition coefficient (Wildman–Crippen LogP) is 10.4. The van der Waals surface area contributed by atoms with E-state index in [1.165, 1.54) is 12.1 Å². The van der Waals surface area contributed by atoms with Crippen molar-refractivity contribution >= 4 is 106 Å². The highest BCUT2D eigenvalue weighted by atomic mass is 127. The third-order valence-corrected chi connectivity index (χ3v) is 11.0. The fourth-order valence-corrected chi connectivity index (χ4v) is 7.95. The molecule has 252 valence electrons. The lowest BCUT2D eigenvalue weighted by Gasteiger charge is -2.37. The molecule has 1 aromatic heterocycles. The van der Waals surface area contributed by atoms with Gasteiger partial charge >= 0.3 is 0 Å². The first kappa shape index (κ1) is 36.5. The summed E-state index contributed by atoms with van der Waals surface area (Å²) in [6.45, 7) is 0.481. The number of hydrogen-bond acceptors (Lipinski definition) is 4. The number of halogens is 6. The van der Waals surface area contributed by atoms with Crippen LogP contribution in [-0.4, -0.2) is 30.9 Å². The Morgan fingerprint density at radius 3 is 1.66 bits per heavy atom. The maximum absolute atomic E-state index is 15.5. The van der Waals surface area contributed by atoms with Crippen LogP contribution in [0.3, 0.4) is 0 Å². The van der Waals surface area contributed by atoms with Crippen LogP contribution in [0.4, 0.5) is 8.78 Å². The first-order valence-electron chi connectivity index (χ1n) is 15.3. The van der Waals surface area contributed by atoms with Gasteiger partial charge in [0.1, 0.15) is 26.4 Å². The number of hydrogen-bond donors (Lipinski definition) is 0. The van der Waals surface area contributed by atoms with Gasteiger partial charge in [-0.2, -0.15) is 5.10 Å². The van der Waals surface area contributed by atoms with Gasteiger partial charge in [-0.25, -0.2) is 16.6 Å². The van der Waals surface area contributed by atoms with E-state index < -0.39 is 5.54 Å². The molecule has 8 rings (SSSR count). The molecule has 0 aliphatic carbocycles. The molecule has 6 nitrogen and oxygen atoms in total. The Morgan fingerprint density at radius 1 is 0.700 bits per heavy atom. The normalized spacial score (nSPS) is 13.5. The molecule has 0 bridgehead atoms. The number of benzene rings is 5. The number of amides is 2. The third-order valence-electron chi connectivity index (χ3n) is 8.21. The smallest absolute Gasteiger partial charge is 0.238 e. The molecule has 0 N–H and O–H groups in total. The molecule has 2 aliphatic heterocycles. The Hall–Kier alpha value is -3.34. The zero-order valence-electron chi connectivity index (χ0n) is 26.0. The number of imide groups is 1. The predicted molar refractivity (Wildman–Crippen MR) is 215 cm³/mol. The summed E-state index contributed by atoms with van der Waals surface area (Å²) in [4.78, 5) is 24.9. The van der Waals surface area contributed by atoms with Gasteiger partial charge in [0.15, 0.2) is 0 Å². The third kappa shape index (κ3) is 7.34. The van der Waals surface area contributed by atoms with Crippen LogP contribution < -0.4 is 0 Å². The van der Waals surface area contributed by atoms with Crippen molar-refractivity contribution in [2.24, 2.45) is 4.99 Å². The number of carbonyl (C=O) groups excluding carboxylic acids is 2. The second-order valence-electron chi connectivity index (χ2n) is 11.3. The maximum Gasteiger partial charge on any atom is 0.238 e. The molecule has 12 heteroatoms. The first-order chi connectivity index (χ1) is 24.1. The van der Waals surface area contributed by atoms with Crippen molar-refractivity contribution in [2.45, 2.75) is 24.9 Å². The van der Waals surface area contributed by atoms with Crippen molar-refractivity contribution in [2.75, 3.05) is 0 Å². The van der Waals surface area contributed by atoms with Gasteiger partial charge in [-0.05, 0) is 63.5 Å². The van der Waals surface area contributed by atoms with E-state index in [9.17, 15) is 14.0 Å². The van der Waals surface area contributed by atoms with E-state index in [4.69, 9.17) is 5.10 Å². The fourth-order valence-electron chi connectivity index (χ4n) is 5.97. The molecule has 2 aliphatic rings. The average molecular weight is 1020 g/mol. The highest BCUT2D eigenvalue weighted by molar-refractivity contribution is 14.1. The number of nitrogens with zero attached hydrogens (tertiary/aromatic N) is 4. The Morgan fingerprint density at radius 2 is 1.18 bits per heavy atom. The van der Waals surface area contributed by atoms with Gasteiger partial charge in [-0.3, -0.25) is 14.6 Å². The summed E-state index contributed by atoms with van der Waals surface area (Å²) in [5, 5.41) is 5.71. The largest absolute Gasteiger partial charge is 0.288 e. The molecule has 2 amide bonds. The number of fused-ring (bicyclic) bond motifs is 2. The van der Waals surface area contributed by atoms with Crippen LogP contribution in [0.15, 0.2) is 129 Å². The lowest BCUT2D eigenvalue weighted by molar-refractivity contribution is -0.130. The molecule has 0 unspecified atom stereocenters. The van der Waals surface area contributed by atoms with Gasteiger partial charge < -0.3 is 0 Å². The number of carbonyl (C=O) groups is 2.